The molecule has 47 heavy (non-hydrogen) atoms. The van der Waals surface area contributed by atoms with Crippen LogP contribution < -0.4 is 39.1 Å². The lowest BCUT2D eigenvalue weighted by atomic mass is 9.95. The zero-order chi connectivity index (χ0) is 34.7. The molecule has 0 bridgehead atoms. The summed E-state index contributed by atoms with van der Waals surface area (Å²) >= 11 is 0. The number of hydrogen-bond donors (Lipinski definition) is 2. The fourth-order valence-electron chi connectivity index (χ4n) is 4.47. The van der Waals surface area contributed by atoms with Gasteiger partial charge in [0.25, 0.3) is 5.91 Å². The number of ether oxygens (including phenoxy) is 7. The Kier molecular flexibility index (Phi) is 12.8. The summed E-state index contributed by atoms with van der Waals surface area (Å²) in [6.07, 6.45) is 0.291. The van der Waals surface area contributed by atoms with E-state index in [1.807, 2.05) is 26.0 Å². The first kappa shape index (κ1) is 36.0. The quantitative estimate of drug-likeness (QED) is 0.226. The van der Waals surface area contributed by atoms with Crippen molar-refractivity contribution >= 4 is 23.5 Å². The summed E-state index contributed by atoms with van der Waals surface area (Å²) in [4.78, 5) is 43.2. The molecule has 3 rings (SSSR count). The van der Waals surface area contributed by atoms with E-state index in [0.29, 0.717) is 45.4 Å². The lowest BCUT2D eigenvalue weighted by molar-refractivity contribution is -0.121. The molecule has 0 aliphatic rings. The first-order valence-corrected chi connectivity index (χ1v) is 14.6. The summed E-state index contributed by atoms with van der Waals surface area (Å²) in [6, 6.07) is 11.1. The molecule has 3 aromatic rings. The maximum absolute atomic E-state index is 13.5. The van der Waals surface area contributed by atoms with Gasteiger partial charge in [0.2, 0.25) is 11.7 Å². The summed E-state index contributed by atoms with van der Waals surface area (Å²) in [5.74, 6) is 0.630. The van der Waals surface area contributed by atoms with E-state index < -0.39 is 24.0 Å². The first-order chi connectivity index (χ1) is 22.5. The van der Waals surface area contributed by atoms with Gasteiger partial charge in [0.15, 0.2) is 34.4 Å². The Balaban J connectivity index is 1.94. The summed E-state index contributed by atoms with van der Waals surface area (Å²) in [6.45, 7) is 7.08. The highest BCUT2D eigenvalue weighted by atomic mass is 16.7. The van der Waals surface area contributed by atoms with Gasteiger partial charge in [-0.1, -0.05) is 26.0 Å². The molecule has 2 aromatic carbocycles. The number of nitrogens with zero attached hydrogens (tertiary/aromatic N) is 1. The van der Waals surface area contributed by atoms with Crippen molar-refractivity contribution in [2.45, 2.75) is 33.7 Å². The van der Waals surface area contributed by atoms with Crippen molar-refractivity contribution in [3.8, 4) is 34.5 Å². The molecule has 252 valence electrons. The highest BCUT2D eigenvalue weighted by Gasteiger charge is 2.26. The predicted molar refractivity (Wildman–Crippen MR) is 173 cm³/mol. The standard InChI is InChI=1S/C34H41N3O10/c1-19(2)18-46-34(40)47-31-26(43-7)14-15-35-30(31)33(39)37-21(4)32(38)36-20(3)29(22-10-12-24(41-5)27(16-22)44-8)23-11-13-25(42-6)28(17-23)45-9/h10-17,19,21H,18H2,1-9H3,(H,36,38)(H,37,39)/t21-/m0/s1. The number of carbonyl (C=O) groups excluding carboxylic acids is 3. The monoisotopic (exact) mass is 651 g/mol. The van der Waals surface area contributed by atoms with Crippen LogP contribution in [0.3, 0.4) is 0 Å². The van der Waals surface area contributed by atoms with Crippen LogP contribution in [0.25, 0.3) is 5.57 Å². The van der Waals surface area contributed by atoms with E-state index in [1.165, 1.54) is 40.5 Å². The van der Waals surface area contributed by atoms with Crippen molar-refractivity contribution in [3.05, 3.63) is 71.2 Å². The van der Waals surface area contributed by atoms with E-state index in [2.05, 4.69) is 15.6 Å². The second-order valence-corrected chi connectivity index (χ2v) is 10.6. The molecule has 1 atom stereocenters. The number of rotatable bonds is 14. The fourth-order valence-corrected chi connectivity index (χ4v) is 4.47. The molecule has 0 fully saturated rings. The summed E-state index contributed by atoms with van der Waals surface area (Å²) in [7, 11) is 7.49. The summed E-state index contributed by atoms with van der Waals surface area (Å²) in [5.41, 5.74) is 2.25. The molecule has 0 aliphatic heterocycles. The van der Waals surface area contributed by atoms with Crippen molar-refractivity contribution in [1.29, 1.82) is 0 Å². The van der Waals surface area contributed by atoms with Gasteiger partial charge in [0, 0.05) is 23.5 Å². The van der Waals surface area contributed by atoms with Crippen molar-refractivity contribution in [3.63, 3.8) is 0 Å². The van der Waals surface area contributed by atoms with Crippen molar-refractivity contribution in [1.82, 2.24) is 15.6 Å². The summed E-state index contributed by atoms with van der Waals surface area (Å²) in [5, 5.41) is 5.50. The Morgan fingerprint density at radius 1 is 0.745 bits per heavy atom. The smallest absolute Gasteiger partial charge is 0.493 e. The van der Waals surface area contributed by atoms with E-state index in [0.717, 1.165) is 0 Å². The van der Waals surface area contributed by atoms with Crippen molar-refractivity contribution < 1.29 is 47.5 Å². The average Bonchev–Trinajstić information content (AvgIpc) is 3.07. The Morgan fingerprint density at radius 2 is 1.28 bits per heavy atom. The molecule has 2 amide bonds. The minimum Gasteiger partial charge on any atom is -0.493 e. The van der Waals surface area contributed by atoms with Gasteiger partial charge in [0.05, 0.1) is 42.2 Å². The van der Waals surface area contributed by atoms with Crippen LogP contribution >= 0.6 is 0 Å². The normalized spacial score (nSPS) is 11.1. The topological polar surface area (TPSA) is 153 Å². The minimum absolute atomic E-state index is 0.0667. The van der Waals surface area contributed by atoms with E-state index in [1.54, 1.807) is 45.4 Å². The van der Waals surface area contributed by atoms with Crippen LogP contribution in [0.4, 0.5) is 4.79 Å². The fraction of sp³-hybridized carbons (Fsp3) is 0.353. The van der Waals surface area contributed by atoms with E-state index >= 15 is 0 Å². The van der Waals surface area contributed by atoms with Gasteiger partial charge >= 0.3 is 6.16 Å². The lowest BCUT2D eigenvalue weighted by Crippen LogP contribution is -2.44. The van der Waals surface area contributed by atoms with Crippen LogP contribution in [0, 0.1) is 5.92 Å². The molecule has 1 aromatic heterocycles. The van der Waals surface area contributed by atoms with Crippen LogP contribution in [0.2, 0.25) is 0 Å². The molecule has 13 heteroatoms. The highest BCUT2D eigenvalue weighted by molar-refractivity contribution is 5.99. The first-order valence-electron chi connectivity index (χ1n) is 14.6. The largest absolute Gasteiger partial charge is 0.514 e. The van der Waals surface area contributed by atoms with Gasteiger partial charge in [-0.2, -0.15) is 0 Å². The molecule has 0 radical (unpaired) electrons. The second kappa shape index (κ2) is 16.7. The lowest BCUT2D eigenvalue weighted by Gasteiger charge is -2.20. The number of amides is 2. The van der Waals surface area contributed by atoms with Gasteiger partial charge in [0.1, 0.15) is 6.04 Å². The van der Waals surface area contributed by atoms with Crippen molar-refractivity contribution in [2.75, 3.05) is 42.2 Å². The third-order valence-electron chi connectivity index (χ3n) is 6.79. The van der Waals surface area contributed by atoms with E-state index in [-0.39, 0.29) is 29.7 Å². The number of aromatic nitrogens is 1. The third kappa shape index (κ3) is 9.06. The van der Waals surface area contributed by atoms with Crippen LogP contribution in [0.15, 0.2) is 54.4 Å². The Bertz CT molecular complexity index is 1560. The van der Waals surface area contributed by atoms with Crippen LogP contribution in [-0.2, 0) is 9.53 Å². The van der Waals surface area contributed by atoms with Crippen LogP contribution in [0.5, 0.6) is 34.5 Å². The molecular formula is C34H41N3O10. The van der Waals surface area contributed by atoms with Gasteiger partial charge in [-0.05, 0) is 55.2 Å². The zero-order valence-corrected chi connectivity index (χ0v) is 28.0. The highest BCUT2D eigenvalue weighted by Crippen LogP contribution is 2.37. The number of benzene rings is 2. The number of carbonyl (C=O) groups is 3. The zero-order valence-electron chi connectivity index (χ0n) is 28.0. The maximum Gasteiger partial charge on any atom is 0.514 e. The Morgan fingerprint density at radius 3 is 1.77 bits per heavy atom. The number of methoxy groups -OCH3 is 5. The predicted octanol–water partition coefficient (Wildman–Crippen LogP) is 5.01. The minimum atomic E-state index is -1.05. The maximum atomic E-state index is 13.5. The van der Waals surface area contributed by atoms with E-state index in [4.69, 9.17) is 33.2 Å². The molecular weight excluding hydrogens is 610 g/mol. The third-order valence-corrected chi connectivity index (χ3v) is 6.79. The van der Waals surface area contributed by atoms with Gasteiger partial charge in [-0.15, -0.1) is 0 Å². The van der Waals surface area contributed by atoms with Gasteiger partial charge in [-0.3, -0.25) is 9.59 Å². The van der Waals surface area contributed by atoms with E-state index in [9.17, 15) is 14.4 Å². The molecule has 1 heterocycles. The van der Waals surface area contributed by atoms with Gasteiger partial charge < -0.3 is 43.8 Å². The molecule has 13 nitrogen and oxygen atoms in total. The Hall–Kier alpha value is -5.46. The second-order valence-electron chi connectivity index (χ2n) is 10.6. The molecule has 0 spiro atoms. The molecule has 0 aliphatic carbocycles. The SMILES string of the molecule is COc1ccc(C(=C(C)NC(=O)[C@H](C)NC(=O)c2nccc(OC)c2OC(=O)OCC(C)C)c2ccc(OC)c(OC)c2)cc1OC. The number of nitrogens with one attached hydrogen (secondary N) is 2. The molecule has 0 saturated carbocycles. The molecule has 0 saturated heterocycles. The number of allylic oxidation sites excluding steroid dienone is 1. The average molecular weight is 652 g/mol. The number of hydrogen-bond acceptors (Lipinski definition) is 11. The molecule has 2 N–H and O–H groups in total. The molecule has 0 unspecified atom stereocenters. The Labute approximate surface area is 274 Å². The summed E-state index contributed by atoms with van der Waals surface area (Å²) < 4.78 is 37.5. The van der Waals surface area contributed by atoms with Gasteiger partial charge in [-0.25, -0.2) is 9.78 Å². The van der Waals surface area contributed by atoms with Crippen molar-refractivity contribution in [2.24, 2.45) is 5.92 Å². The van der Waals surface area contributed by atoms with Crippen LogP contribution in [0.1, 0.15) is 49.3 Å². The number of pyridine rings is 1. The van der Waals surface area contributed by atoms with Crippen LogP contribution in [-0.4, -0.2) is 71.2 Å².